The summed E-state index contributed by atoms with van der Waals surface area (Å²) in [4.78, 5) is 27.0. The minimum absolute atomic E-state index is 0. The van der Waals surface area contributed by atoms with Crippen LogP contribution >= 0.6 is 0 Å². The number of nitrogens with one attached hydrogen (secondary N) is 1. The molecule has 0 unspecified atom stereocenters. The fourth-order valence-electron chi connectivity index (χ4n) is 3.19. The molecule has 1 saturated heterocycles. The van der Waals surface area contributed by atoms with Gasteiger partial charge in [-0.1, -0.05) is 0 Å². The molecule has 136 valence electrons. The van der Waals surface area contributed by atoms with E-state index in [0.717, 1.165) is 26.2 Å². The number of halogens is 2. The number of likely N-dealkylation sites (N-methyl/N-ethyl adjacent to an activating group) is 1. The highest BCUT2D eigenvalue weighted by molar-refractivity contribution is 5.93. The zero-order valence-electron chi connectivity index (χ0n) is 14.2. The van der Waals surface area contributed by atoms with E-state index in [-0.39, 0.29) is 34.9 Å². The molecule has 0 bridgehead atoms. The molecule has 2 aromatic rings. The number of aromatic carboxylic acids is 1. The number of benzene rings is 1. The average molecular weight is 461 g/mol. The van der Waals surface area contributed by atoms with Crippen LogP contribution in [0.2, 0.25) is 0 Å². The smallest absolute Gasteiger partial charge is 0.341 e. The number of anilines is 1. The van der Waals surface area contributed by atoms with E-state index in [2.05, 4.69) is 7.05 Å². The van der Waals surface area contributed by atoms with Gasteiger partial charge in [-0.25, -0.2) is 9.18 Å². The molecule has 0 atom stereocenters. The SMILES string of the molecule is CCn1cc(C(=O)O)c(=O)c2cc(F)c(N3CC[NH+](C)CC3)cc21.[I-]. The van der Waals surface area contributed by atoms with Crippen molar-refractivity contribution in [2.24, 2.45) is 0 Å². The Bertz CT molecular complexity index is 860. The van der Waals surface area contributed by atoms with Gasteiger partial charge in [-0.3, -0.25) is 4.79 Å². The predicted octanol–water partition coefficient (Wildman–Crippen LogP) is -2.80. The molecular formula is C17H21FIN3O3. The summed E-state index contributed by atoms with van der Waals surface area (Å²) >= 11 is 0. The largest absolute Gasteiger partial charge is 1.00 e. The number of nitrogens with zero attached hydrogens (tertiary/aromatic N) is 2. The Morgan fingerprint density at radius 3 is 2.52 bits per heavy atom. The molecule has 0 saturated carbocycles. The van der Waals surface area contributed by atoms with Gasteiger partial charge in [0, 0.05) is 18.1 Å². The van der Waals surface area contributed by atoms with Crippen molar-refractivity contribution in [2.75, 3.05) is 38.1 Å². The minimum atomic E-state index is -1.30. The van der Waals surface area contributed by atoms with Gasteiger partial charge in [-0.15, -0.1) is 0 Å². The van der Waals surface area contributed by atoms with Gasteiger partial charge in [0.05, 0.1) is 44.4 Å². The van der Waals surface area contributed by atoms with Crippen LogP contribution in [0.25, 0.3) is 10.9 Å². The molecule has 0 aliphatic carbocycles. The minimum Gasteiger partial charge on any atom is -1.00 e. The monoisotopic (exact) mass is 461 g/mol. The van der Waals surface area contributed by atoms with Crippen LogP contribution in [0, 0.1) is 5.82 Å². The summed E-state index contributed by atoms with van der Waals surface area (Å²) in [5.41, 5.74) is 0.0602. The molecule has 1 aromatic carbocycles. The van der Waals surface area contributed by atoms with E-state index >= 15 is 0 Å². The Balaban J connectivity index is 0.00000225. The second-order valence-electron chi connectivity index (χ2n) is 6.23. The fourth-order valence-corrected chi connectivity index (χ4v) is 3.19. The van der Waals surface area contributed by atoms with Crippen molar-refractivity contribution in [3.05, 3.63) is 39.9 Å². The Labute approximate surface area is 161 Å². The maximum Gasteiger partial charge on any atom is 0.341 e. The summed E-state index contributed by atoms with van der Waals surface area (Å²) in [5, 5.41) is 9.29. The Kier molecular flexibility index (Phi) is 6.04. The Morgan fingerprint density at radius 2 is 1.96 bits per heavy atom. The van der Waals surface area contributed by atoms with E-state index in [1.807, 2.05) is 11.8 Å². The first kappa shape index (κ1) is 19.6. The maximum atomic E-state index is 14.6. The molecule has 8 heteroatoms. The molecule has 0 radical (unpaired) electrons. The van der Waals surface area contributed by atoms with Gasteiger partial charge in [0.25, 0.3) is 0 Å². The van der Waals surface area contributed by atoms with Crippen LogP contribution in [-0.2, 0) is 6.54 Å². The summed E-state index contributed by atoms with van der Waals surface area (Å²) in [6.45, 7) is 5.70. The molecule has 2 N–H and O–H groups in total. The zero-order chi connectivity index (χ0) is 17.4. The molecular weight excluding hydrogens is 440 g/mol. The standard InChI is InChI=1S/C17H20FN3O3.HI/c1-3-20-10-12(17(23)24)16(22)11-8-13(18)15(9-14(11)20)21-6-4-19(2)5-7-21;/h8-10H,3-7H2,1-2H3,(H,23,24);1H. The molecule has 1 aromatic heterocycles. The number of rotatable bonds is 3. The predicted molar refractivity (Wildman–Crippen MR) is 89.6 cm³/mol. The van der Waals surface area contributed by atoms with Crippen LogP contribution in [0.15, 0.2) is 23.1 Å². The first-order valence-electron chi connectivity index (χ1n) is 8.08. The molecule has 3 rings (SSSR count). The van der Waals surface area contributed by atoms with Crippen molar-refractivity contribution in [2.45, 2.75) is 13.5 Å². The number of fused-ring (bicyclic) bond motifs is 1. The lowest BCUT2D eigenvalue weighted by atomic mass is 10.1. The number of carbonyl (C=O) groups is 1. The van der Waals surface area contributed by atoms with Gasteiger partial charge in [0.2, 0.25) is 5.43 Å². The fraction of sp³-hybridized carbons (Fsp3) is 0.412. The van der Waals surface area contributed by atoms with Crippen molar-refractivity contribution in [1.82, 2.24) is 4.57 Å². The molecule has 2 heterocycles. The quantitative estimate of drug-likeness (QED) is 0.485. The number of carboxylic acid groups (broad SMARTS) is 1. The van der Waals surface area contributed by atoms with Gasteiger partial charge in [0.15, 0.2) is 0 Å². The number of carboxylic acids is 1. The van der Waals surface area contributed by atoms with E-state index in [1.165, 1.54) is 17.2 Å². The van der Waals surface area contributed by atoms with E-state index in [1.54, 1.807) is 10.6 Å². The lowest BCUT2D eigenvalue weighted by Gasteiger charge is -2.32. The summed E-state index contributed by atoms with van der Waals surface area (Å²) in [6, 6.07) is 2.85. The molecule has 1 aliphatic heterocycles. The van der Waals surface area contributed by atoms with Crippen molar-refractivity contribution >= 4 is 22.6 Å². The summed E-state index contributed by atoms with van der Waals surface area (Å²) in [6.07, 6.45) is 1.34. The Hall–Kier alpha value is -1.68. The number of aryl methyl sites for hydroxylation is 1. The zero-order valence-corrected chi connectivity index (χ0v) is 16.3. The summed E-state index contributed by atoms with van der Waals surface area (Å²) in [7, 11) is 2.11. The third-order valence-corrected chi connectivity index (χ3v) is 4.68. The number of pyridine rings is 1. The molecule has 1 fully saturated rings. The molecule has 1 aliphatic rings. The highest BCUT2D eigenvalue weighted by atomic mass is 127. The topological polar surface area (TPSA) is 67.0 Å². The number of piperazine rings is 1. The number of quaternary nitrogens is 1. The Morgan fingerprint density at radius 1 is 1.32 bits per heavy atom. The van der Waals surface area contributed by atoms with Crippen molar-refractivity contribution in [3.8, 4) is 0 Å². The van der Waals surface area contributed by atoms with E-state index in [9.17, 15) is 19.1 Å². The van der Waals surface area contributed by atoms with E-state index < -0.39 is 17.2 Å². The maximum absolute atomic E-state index is 14.6. The summed E-state index contributed by atoms with van der Waals surface area (Å²) in [5.74, 6) is -1.78. The highest BCUT2D eigenvalue weighted by Gasteiger charge is 2.22. The van der Waals surface area contributed by atoms with Crippen LogP contribution in [0.4, 0.5) is 10.1 Å². The number of hydrogen-bond donors (Lipinski definition) is 2. The lowest BCUT2D eigenvalue weighted by molar-refractivity contribution is -0.880. The van der Waals surface area contributed by atoms with Gasteiger partial charge >= 0.3 is 5.97 Å². The third-order valence-electron chi connectivity index (χ3n) is 4.68. The van der Waals surface area contributed by atoms with Gasteiger partial charge in [0.1, 0.15) is 11.4 Å². The number of hydrogen-bond acceptors (Lipinski definition) is 3. The first-order valence-corrected chi connectivity index (χ1v) is 8.08. The van der Waals surface area contributed by atoms with Gasteiger partial charge < -0.3 is 43.5 Å². The van der Waals surface area contributed by atoms with Crippen LogP contribution in [-0.4, -0.2) is 48.9 Å². The molecule has 6 nitrogen and oxygen atoms in total. The second-order valence-corrected chi connectivity index (χ2v) is 6.23. The molecule has 25 heavy (non-hydrogen) atoms. The number of aromatic nitrogens is 1. The van der Waals surface area contributed by atoms with Crippen molar-refractivity contribution < 1.29 is 43.2 Å². The molecule has 0 spiro atoms. The normalized spacial score (nSPS) is 15.2. The van der Waals surface area contributed by atoms with Crippen molar-refractivity contribution in [3.63, 3.8) is 0 Å². The second kappa shape index (κ2) is 7.69. The lowest BCUT2D eigenvalue weighted by Crippen LogP contribution is -3.12. The van der Waals surface area contributed by atoms with Crippen LogP contribution in [0.1, 0.15) is 17.3 Å². The van der Waals surface area contributed by atoms with Crippen LogP contribution < -0.4 is 39.2 Å². The van der Waals surface area contributed by atoms with Crippen molar-refractivity contribution in [1.29, 1.82) is 0 Å². The summed E-state index contributed by atoms with van der Waals surface area (Å²) < 4.78 is 16.3. The molecule has 0 amide bonds. The van der Waals surface area contributed by atoms with E-state index in [4.69, 9.17) is 0 Å². The average Bonchev–Trinajstić information content (AvgIpc) is 2.56. The van der Waals surface area contributed by atoms with Crippen LogP contribution in [0.3, 0.4) is 0 Å². The van der Waals surface area contributed by atoms with Crippen LogP contribution in [0.5, 0.6) is 0 Å². The first-order chi connectivity index (χ1) is 11.4. The van der Waals surface area contributed by atoms with Gasteiger partial charge in [-0.05, 0) is 19.1 Å². The highest BCUT2D eigenvalue weighted by Crippen LogP contribution is 2.25. The van der Waals surface area contributed by atoms with Gasteiger partial charge in [-0.2, -0.15) is 0 Å². The van der Waals surface area contributed by atoms with E-state index in [0.29, 0.717) is 17.7 Å². The third kappa shape index (κ3) is 3.64.